The average Bonchev–Trinajstić information content (AvgIpc) is 3.03. The summed E-state index contributed by atoms with van der Waals surface area (Å²) < 4.78 is 5.17. The Bertz CT molecular complexity index is 1090. The number of hydrogen-bond acceptors (Lipinski definition) is 5. The summed E-state index contributed by atoms with van der Waals surface area (Å²) in [6, 6.07) is 13.2. The number of amides is 2. The van der Waals surface area contributed by atoms with Crippen LogP contribution in [0.1, 0.15) is 39.6 Å². The Morgan fingerprint density at radius 2 is 1.77 bits per heavy atom. The van der Waals surface area contributed by atoms with Gasteiger partial charge in [0.1, 0.15) is 0 Å². The zero-order chi connectivity index (χ0) is 22.1. The van der Waals surface area contributed by atoms with Crippen molar-refractivity contribution in [2.45, 2.75) is 20.3 Å². The Balaban J connectivity index is 1.47. The number of ketones is 1. The van der Waals surface area contributed by atoms with Crippen LogP contribution in [0.5, 0.6) is 0 Å². The van der Waals surface area contributed by atoms with Gasteiger partial charge in [-0.2, -0.15) is 0 Å². The number of rotatable bonds is 5. The molecule has 0 aromatic heterocycles. The summed E-state index contributed by atoms with van der Waals surface area (Å²) in [4.78, 5) is 51.7. The minimum atomic E-state index is -0.686. The Kier molecular flexibility index (Phi) is 5.55. The Morgan fingerprint density at radius 3 is 2.48 bits per heavy atom. The van der Waals surface area contributed by atoms with Gasteiger partial charge in [-0.25, -0.2) is 4.79 Å². The highest BCUT2D eigenvalue weighted by molar-refractivity contribution is 6.22. The van der Waals surface area contributed by atoms with E-state index in [2.05, 4.69) is 0 Å². The fourth-order valence-corrected chi connectivity index (χ4v) is 4.21. The highest BCUT2D eigenvalue weighted by atomic mass is 16.5. The number of fused-ring (bicyclic) bond motifs is 1. The van der Waals surface area contributed by atoms with Crippen molar-refractivity contribution in [2.75, 3.05) is 11.5 Å². The lowest BCUT2D eigenvalue weighted by Crippen LogP contribution is -2.31. The van der Waals surface area contributed by atoms with Crippen molar-refractivity contribution in [3.8, 4) is 0 Å². The van der Waals surface area contributed by atoms with Gasteiger partial charge in [0.05, 0.1) is 23.1 Å². The monoisotopic (exact) mass is 417 g/mol. The van der Waals surface area contributed by atoms with Crippen LogP contribution in [0.25, 0.3) is 0 Å². The van der Waals surface area contributed by atoms with E-state index in [0.717, 1.165) is 5.56 Å². The number of ether oxygens (including phenoxy) is 1. The minimum Gasteiger partial charge on any atom is -0.454 e. The van der Waals surface area contributed by atoms with Crippen LogP contribution in [-0.2, 0) is 14.3 Å². The maximum atomic E-state index is 12.9. The van der Waals surface area contributed by atoms with E-state index in [0.29, 0.717) is 17.7 Å². The molecule has 0 radical (unpaired) electrons. The number of nitrogens with zero attached hydrogens (tertiary/aromatic N) is 1. The van der Waals surface area contributed by atoms with Crippen LogP contribution in [0.15, 0.2) is 60.7 Å². The number of allylic oxidation sites excluding steroid dienone is 2. The van der Waals surface area contributed by atoms with E-state index in [1.807, 2.05) is 38.1 Å². The molecule has 3 atom stereocenters. The van der Waals surface area contributed by atoms with Gasteiger partial charge < -0.3 is 4.74 Å². The minimum absolute atomic E-state index is 0.0128. The molecule has 3 unspecified atom stereocenters. The lowest BCUT2D eigenvalue weighted by molar-refractivity contribution is -0.122. The molecule has 158 valence electrons. The summed E-state index contributed by atoms with van der Waals surface area (Å²) in [6.45, 7) is 3.46. The van der Waals surface area contributed by atoms with Crippen LogP contribution in [0.2, 0.25) is 0 Å². The molecule has 6 nitrogen and oxygen atoms in total. The van der Waals surface area contributed by atoms with Crippen LogP contribution in [0.3, 0.4) is 0 Å². The first kappa shape index (κ1) is 20.7. The third-order valence-electron chi connectivity index (χ3n) is 5.92. The standard InChI is InChI=1S/C25H23NO5/c1-15-9-11-17(12-10-15)21(27)14-31-25(30)18-6-4-7-19(13-18)26-23(28)20-8-3-5-16(2)22(20)24(26)29/h3-7,9-13,16,20,22H,8,14H2,1-2H3. The summed E-state index contributed by atoms with van der Waals surface area (Å²) >= 11 is 0. The predicted molar refractivity (Wildman–Crippen MR) is 115 cm³/mol. The molecule has 2 aromatic rings. The van der Waals surface area contributed by atoms with Gasteiger partial charge in [-0.3, -0.25) is 19.3 Å². The summed E-state index contributed by atoms with van der Waals surface area (Å²) in [6.07, 6.45) is 4.45. The molecule has 0 spiro atoms. The third-order valence-corrected chi connectivity index (χ3v) is 5.92. The zero-order valence-electron chi connectivity index (χ0n) is 17.4. The van der Waals surface area contributed by atoms with Gasteiger partial charge in [-0.15, -0.1) is 0 Å². The number of hydrogen-bond donors (Lipinski definition) is 0. The van der Waals surface area contributed by atoms with Crippen molar-refractivity contribution in [1.82, 2.24) is 0 Å². The molecule has 2 aromatic carbocycles. The first-order chi connectivity index (χ1) is 14.9. The fourth-order valence-electron chi connectivity index (χ4n) is 4.21. The second-order valence-corrected chi connectivity index (χ2v) is 8.08. The van der Waals surface area contributed by atoms with E-state index in [1.54, 1.807) is 24.3 Å². The van der Waals surface area contributed by atoms with Crippen molar-refractivity contribution in [1.29, 1.82) is 0 Å². The predicted octanol–water partition coefficient (Wildman–Crippen LogP) is 3.74. The topological polar surface area (TPSA) is 80.8 Å². The van der Waals surface area contributed by atoms with Gasteiger partial charge in [0.2, 0.25) is 11.8 Å². The van der Waals surface area contributed by atoms with Gasteiger partial charge in [0.25, 0.3) is 0 Å². The maximum Gasteiger partial charge on any atom is 0.338 e. The SMILES string of the molecule is Cc1ccc(C(=O)COC(=O)c2cccc(N3C(=O)C4CC=CC(C)C4C3=O)c2)cc1. The molecule has 0 bridgehead atoms. The van der Waals surface area contributed by atoms with Crippen molar-refractivity contribution in [3.05, 3.63) is 77.4 Å². The molecule has 1 aliphatic carbocycles. The normalized spacial score (nSPS) is 22.4. The molecule has 2 aliphatic rings. The Hall–Kier alpha value is -3.54. The van der Waals surface area contributed by atoms with E-state index in [-0.39, 0.29) is 47.5 Å². The molecule has 31 heavy (non-hydrogen) atoms. The first-order valence-electron chi connectivity index (χ1n) is 10.3. The molecule has 1 fully saturated rings. The third kappa shape index (κ3) is 3.93. The van der Waals surface area contributed by atoms with Crippen molar-refractivity contribution >= 4 is 29.3 Å². The van der Waals surface area contributed by atoms with Crippen LogP contribution in [-0.4, -0.2) is 30.2 Å². The summed E-state index contributed by atoms with van der Waals surface area (Å²) in [5, 5.41) is 0. The molecule has 0 saturated carbocycles. The summed E-state index contributed by atoms with van der Waals surface area (Å²) in [5.41, 5.74) is 2.01. The van der Waals surface area contributed by atoms with E-state index in [1.165, 1.54) is 17.0 Å². The number of benzene rings is 2. The first-order valence-corrected chi connectivity index (χ1v) is 10.3. The molecule has 1 heterocycles. The largest absolute Gasteiger partial charge is 0.454 e. The maximum absolute atomic E-state index is 12.9. The molecule has 6 heteroatoms. The van der Waals surface area contributed by atoms with E-state index in [4.69, 9.17) is 4.74 Å². The van der Waals surface area contributed by atoms with Gasteiger partial charge in [0, 0.05) is 5.56 Å². The number of aryl methyl sites for hydroxylation is 1. The second kappa shape index (κ2) is 8.30. The zero-order valence-corrected chi connectivity index (χ0v) is 17.4. The second-order valence-electron chi connectivity index (χ2n) is 8.08. The summed E-state index contributed by atoms with van der Waals surface area (Å²) in [7, 11) is 0. The highest BCUT2D eigenvalue weighted by Crippen LogP contribution is 2.40. The molecular formula is C25H23NO5. The number of Topliss-reactive ketones (excluding diaryl/α,β-unsaturated/α-hetero) is 1. The molecule has 2 amide bonds. The summed E-state index contributed by atoms with van der Waals surface area (Å²) in [5.74, 6) is -2.23. The lowest BCUT2D eigenvalue weighted by Gasteiger charge is -2.22. The number of anilines is 1. The van der Waals surface area contributed by atoms with Crippen molar-refractivity contribution < 1.29 is 23.9 Å². The molecule has 1 saturated heterocycles. The molecule has 0 N–H and O–H groups in total. The quantitative estimate of drug-likeness (QED) is 0.320. The highest BCUT2D eigenvalue weighted by Gasteiger charge is 2.50. The van der Waals surface area contributed by atoms with Crippen molar-refractivity contribution in [2.24, 2.45) is 17.8 Å². The number of imide groups is 1. The van der Waals surface area contributed by atoms with Crippen LogP contribution in [0, 0.1) is 24.7 Å². The van der Waals surface area contributed by atoms with E-state index >= 15 is 0 Å². The molecular weight excluding hydrogens is 394 g/mol. The lowest BCUT2D eigenvalue weighted by atomic mass is 9.78. The van der Waals surface area contributed by atoms with Crippen LogP contribution in [0.4, 0.5) is 5.69 Å². The molecule has 4 rings (SSSR count). The van der Waals surface area contributed by atoms with Crippen molar-refractivity contribution in [3.63, 3.8) is 0 Å². The fraction of sp³-hybridized carbons (Fsp3) is 0.280. The number of carbonyl (C=O) groups excluding carboxylic acids is 4. The number of esters is 1. The Morgan fingerprint density at radius 1 is 1.03 bits per heavy atom. The van der Waals surface area contributed by atoms with Gasteiger partial charge in [-0.05, 0) is 37.5 Å². The average molecular weight is 417 g/mol. The van der Waals surface area contributed by atoms with Crippen LogP contribution >= 0.6 is 0 Å². The Labute approximate surface area is 180 Å². The molecule has 1 aliphatic heterocycles. The van der Waals surface area contributed by atoms with Gasteiger partial charge in [0.15, 0.2) is 12.4 Å². The van der Waals surface area contributed by atoms with E-state index in [9.17, 15) is 19.2 Å². The van der Waals surface area contributed by atoms with Crippen LogP contribution < -0.4 is 4.90 Å². The van der Waals surface area contributed by atoms with Gasteiger partial charge >= 0.3 is 5.97 Å². The van der Waals surface area contributed by atoms with E-state index < -0.39 is 5.97 Å². The van der Waals surface area contributed by atoms with Gasteiger partial charge in [-0.1, -0.05) is 55.0 Å². The number of carbonyl (C=O) groups is 4. The smallest absolute Gasteiger partial charge is 0.338 e.